The van der Waals surface area contributed by atoms with Crippen molar-refractivity contribution in [3.63, 3.8) is 0 Å². The molecular weight excluding hydrogens is 250 g/mol. The van der Waals surface area contributed by atoms with Gasteiger partial charge in [-0.2, -0.15) is 0 Å². The van der Waals surface area contributed by atoms with Crippen molar-refractivity contribution in [2.45, 2.75) is 32.1 Å². The molecule has 1 aromatic heterocycles. The maximum atomic E-state index is 11.5. The first-order valence-corrected chi connectivity index (χ1v) is 7.24. The van der Waals surface area contributed by atoms with Crippen molar-refractivity contribution in [3.8, 4) is 0 Å². The number of benzene rings is 1. The molecular formula is C17H19NO2. The molecule has 1 heterocycles. The van der Waals surface area contributed by atoms with Crippen LogP contribution in [0.3, 0.4) is 0 Å². The molecule has 0 spiro atoms. The second kappa shape index (κ2) is 5.53. The fraction of sp³-hybridized carbons (Fsp3) is 0.353. The monoisotopic (exact) mass is 269 g/mol. The summed E-state index contributed by atoms with van der Waals surface area (Å²) in [5.41, 5.74) is 3.86. The highest BCUT2D eigenvalue weighted by atomic mass is 16.5. The van der Waals surface area contributed by atoms with E-state index in [1.54, 1.807) is 6.08 Å². The van der Waals surface area contributed by atoms with Gasteiger partial charge in [-0.05, 0) is 37.8 Å². The number of fused-ring (bicyclic) bond motifs is 3. The van der Waals surface area contributed by atoms with Crippen LogP contribution in [0.2, 0.25) is 0 Å². The molecule has 2 aromatic rings. The molecule has 3 rings (SSSR count). The van der Waals surface area contributed by atoms with Gasteiger partial charge in [-0.1, -0.05) is 24.3 Å². The molecule has 0 amide bonds. The number of ether oxygens (including phenoxy) is 1. The lowest BCUT2D eigenvalue weighted by Gasteiger charge is -2.19. The minimum atomic E-state index is -0.254. The normalized spacial score (nSPS) is 18.4. The van der Waals surface area contributed by atoms with Crippen molar-refractivity contribution >= 4 is 16.9 Å². The molecule has 1 atom stereocenters. The van der Waals surface area contributed by atoms with E-state index in [1.165, 1.54) is 22.2 Å². The number of nitrogens with one attached hydrogen (secondary N) is 1. The van der Waals surface area contributed by atoms with Crippen molar-refractivity contribution in [3.05, 3.63) is 47.7 Å². The number of rotatable bonds is 3. The van der Waals surface area contributed by atoms with Crippen molar-refractivity contribution in [2.24, 2.45) is 0 Å². The third kappa shape index (κ3) is 2.36. The van der Waals surface area contributed by atoms with Gasteiger partial charge in [0.15, 0.2) is 0 Å². The molecule has 0 fully saturated rings. The average Bonchev–Trinajstić information content (AvgIpc) is 2.84. The van der Waals surface area contributed by atoms with Crippen molar-refractivity contribution in [1.82, 2.24) is 4.98 Å². The first-order valence-electron chi connectivity index (χ1n) is 7.24. The highest BCUT2D eigenvalue weighted by Gasteiger charge is 2.22. The summed E-state index contributed by atoms with van der Waals surface area (Å²) in [5, 5.41) is 1.32. The Morgan fingerprint density at radius 2 is 2.30 bits per heavy atom. The molecule has 1 aliphatic rings. The van der Waals surface area contributed by atoms with E-state index in [4.69, 9.17) is 4.74 Å². The van der Waals surface area contributed by atoms with E-state index in [-0.39, 0.29) is 11.9 Å². The summed E-state index contributed by atoms with van der Waals surface area (Å²) >= 11 is 0. The number of aryl methyl sites for hydroxylation is 1. The smallest absolute Gasteiger partial charge is 0.330 e. The van der Waals surface area contributed by atoms with Crippen molar-refractivity contribution < 1.29 is 9.53 Å². The molecule has 3 nitrogen and oxygen atoms in total. The summed E-state index contributed by atoms with van der Waals surface area (Å²) in [6.07, 6.45) is 6.89. The summed E-state index contributed by atoms with van der Waals surface area (Å²) in [6, 6.07) is 8.41. The quantitative estimate of drug-likeness (QED) is 0.681. The van der Waals surface area contributed by atoms with Gasteiger partial charge in [-0.15, -0.1) is 0 Å². The summed E-state index contributed by atoms with van der Waals surface area (Å²) in [7, 11) is 0. The van der Waals surface area contributed by atoms with Gasteiger partial charge in [0.1, 0.15) is 0 Å². The molecule has 3 heteroatoms. The zero-order chi connectivity index (χ0) is 13.9. The summed E-state index contributed by atoms with van der Waals surface area (Å²) in [5.74, 6) is 0.0336. The maximum Gasteiger partial charge on any atom is 0.330 e. The van der Waals surface area contributed by atoms with Gasteiger partial charge < -0.3 is 9.72 Å². The Balaban J connectivity index is 1.92. The average molecular weight is 269 g/mol. The fourth-order valence-corrected chi connectivity index (χ4v) is 3.03. The Labute approximate surface area is 118 Å². The Kier molecular flexibility index (Phi) is 3.59. The van der Waals surface area contributed by atoms with E-state index in [9.17, 15) is 4.79 Å². The minimum absolute atomic E-state index is 0.254. The van der Waals surface area contributed by atoms with E-state index in [2.05, 4.69) is 23.2 Å². The van der Waals surface area contributed by atoms with Crippen LogP contribution in [-0.4, -0.2) is 17.6 Å². The van der Waals surface area contributed by atoms with Crippen molar-refractivity contribution in [1.29, 1.82) is 0 Å². The lowest BCUT2D eigenvalue weighted by molar-refractivity contribution is -0.137. The van der Waals surface area contributed by atoms with Gasteiger partial charge in [0.2, 0.25) is 0 Å². The number of esters is 1. The zero-order valence-corrected chi connectivity index (χ0v) is 11.7. The first-order chi connectivity index (χ1) is 9.79. The van der Waals surface area contributed by atoms with Crippen LogP contribution in [0.25, 0.3) is 10.9 Å². The number of para-hydroxylation sites is 1. The Morgan fingerprint density at radius 3 is 3.15 bits per heavy atom. The van der Waals surface area contributed by atoms with Crippen LogP contribution in [0.4, 0.5) is 0 Å². The summed E-state index contributed by atoms with van der Waals surface area (Å²) in [4.78, 5) is 15.0. The summed E-state index contributed by atoms with van der Waals surface area (Å²) < 4.78 is 4.94. The Bertz CT molecular complexity index is 654. The number of carbonyl (C=O) groups is 1. The van der Waals surface area contributed by atoms with Gasteiger partial charge in [0, 0.05) is 28.6 Å². The number of H-pyrrole nitrogens is 1. The van der Waals surface area contributed by atoms with E-state index in [1.807, 2.05) is 19.1 Å². The van der Waals surface area contributed by atoms with E-state index in [0.717, 1.165) is 19.3 Å². The predicted molar refractivity (Wildman–Crippen MR) is 79.8 cm³/mol. The second-order valence-corrected chi connectivity index (χ2v) is 5.17. The largest absolute Gasteiger partial charge is 0.463 e. The highest BCUT2D eigenvalue weighted by molar-refractivity contribution is 5.85. The molecule has 0 unspecified atom stereocenters. The molecule has 0 saturated heterocycles. The molecule has 0 aliphatic heterocycles. The number of carbonyl (C=O) groups excluding carboxylic acids is 1. The standard InChI is InChI=1S/C17H19NO2/c1-2-20-16(19)11-10-12-6-5-8-14-13-7-3-4-9-15(13)18-17(12)14/h3-4,7,9-12,18H,2,5-6,8H2,1H3/b11-10+/t12-/m1/s1. The highest BCUT2D eigenvalue weighted by Crippen LogP contribution is 2.36. The fourth-order valence-electron chi connectivity index (χ4n) is 3.03. The van der Waals surface area contributed by atoms with Gasteiger partial charge >= 0.3 is 5.97 Å². The molecule has 104 valence electrons. The predicted octanol–water partition coefficient (Wildman–Crippen LogP) is 3.71. The molecule has 0 radical (unpaired) electrons. The Morgan fingerprint density at radius 1 is 1.45 bits per heavy atom. The Hall–Kier alpha value is -2.03. The van der Waals surface area contributed by atoms with E-state index in [0.29, 0.717) is 6.61 Å². The first kappa shape index (κ1) is 13.0. The van der Waals surface area contributed by atoms with Crippen LogP contribution in [0, 0.1) is 0 Å². The minimum Gasteiger partial charge on any atom is -0.463 e. The van der Waals surface area contributed by atoms with Crippen LogP contribution in [-0.2, 0) is 16.0 Å². The lowest BCUT2D eigenvalue weighted by atomic mass is 9.86. The van der Waals surface area contributed by atoms with Crippen LogP contribution in [0.1, 0.15) is 36.9 Å². The molecule has 20 heavy (non-hydrogen) atoms. The topological polar surface area (TPSA) is 42.1 Å². The maximum absolute atomic E-state index is 11.5. The van der Waals surface area contributed by atoms with Crippen LogP contribution >= 0.6 is 0 Å². The number of allylic oxidation sites excluding steroid dienone is 1. The van der Waals surface area contributed by atoms with Crippen LogP contribution < -0.4 is 0 Å². The van der Waals surface area contributed by atoms with Crippen LogP contribution in [0.5, 0.6) is 0 Å². The molecule has 1 aromatic carbocycles. The lowest BCUT2D eigenvalue weighted by Crippen LogP contribution is -2.08. The molecule has 1 aliphatic carbocycles. The number of hydrogen-bond acceptors (Lipinski definition) is 2. The van der Waals surface area contributed by atoms with Gasteiger partial charge in [-0.25, -0.2) is 4.79 Å². The zero-order valence-electron chi connectivity index (χ0n) is 11.7. The molecule has 1 N–H and O–H groups in total. The van der Waals surface area contributed by atoms with E-state index < -0.39 is 0 Å². The van der Waals surface area contributed by atoms with Crippen molar-refractivity contribution in [2.75, 3.05) is 6.61 Å². The third-order valence-corrected chi connectivity index (χ3v) is 3.91. The van der Waals surface area contributed by atoms with Crippen LogP contribution in [0.15, 0.2) is 36.4 Å². The SMILES string of the molecule is CCOC(=O)/C=C/[C@H]1CCCc2c1[nH]c1ccccc21. The summed E-state index contributed by atoms with van der Waals surface area (Å²) in [6.45, 7) is 2.24. The second-order valence-electron chi connectivity index (χ2n) is 5.17. The third-order valence-electron chi connectivity index (χ3n) is 3.91. The van der Waals surface area contributed by atoms with Gasteiger partial charge in [0.25, 0.3) is 0 Å². The number of aromatic nitrogens is 1. The van der Waals surface area contributed by atoms with Gasteiger partial charge in [0.05, 0.1) is 6.61 Å². The number of hydrogen-bond donors (Lipinski definition) is 1. The van der Waals surface area contributed by atoms with Gasteiger partial charge in [-0.3, -0.25) is 0 Å². The van der Waals surface area contributed by atoms with E-state index >= 15 is 0 Å². The number of aromatic amines is 1. The molecule has 0 saturated carbocycles. The molecule has 0 bridgehead atoms.